The molecule has 5 heteroatoms. The summed E-state index contributed by atoms with van der Waals surface area (Å²) in [5.41, 5.74) is 7.85. The lowest BCUT2D eigenvalue weighted by Crippen LogP contribution is -1.94. The van der Waals surface area contributed by atoms with Crippen LogP contribution in [-0.2, 0) is 12.8 Å². The Hall–Kier alpha value is -2.40. The Bertz CT molecular complexity index is 753. The molecular weight excluding hydrogens is 294 g/mol. The molecule has 0 amide bonds. The second kappa shape index (κ2) is 6.58. The SMILES string of the molecule is Nc1nc(CCc2ccccc2Sc2ccc(O)cc2)c[nH]1. The van der Waals surface area contributed by atoms with Crippen molar-refractivity contribution >= 4 is 17.7 Å². The van der Waals surface area contributed by atoms with Crippen molar-refractivity contribution in [3.63, 3.8) is 0 Å². The van der Waals surface area contributed by atoms with E-state index < -0.39 is 0 Å². The van der Waals surface area contributed by atoms with Crippen molar-refractivity contribution in [1.29, 1.82) is 0 Å². The summed E-state index contributed by atoms with van der Waals surface area (Å²) in [6.07, 6.45) is 3.61. The Kier molecular flexibility index (Phi) is 4.34. The lowest BCUT2D eigenvalue weighted by Gasteiger charge is -2.08. The predicted octanol–water partition coefficient (Wildman–Crippen LogP) is 3.63. The fourth-order valence-electron chi connectivity index (χ4n) is 2.22. The van der Waals surface area contributed by atoms with Gasteiger partial charge in [0.05, 0.1) is 5.69 Å². The molecule has 112 valence electrons. The lowest BCUT2D eigenvalue weighted by molar-refractivity contribution is 0.475. The fourth-order valence-corrected chi connectivity index (χ4v) is 3.19. The first kappa shape index (κ1) is 14.5. The van der Waals surface area contributed by atoms with E-state index in [-0.39, 0.29) is 5.75 Å². The smallest absolute Gasteiger partial charge is 0.197 e. The topological polar surface area (TPSA) is 74.9 Å². The molecule has 0 aliphatic heterocycles. The van der Waals surface area contributed by atoms with Gasteiger partial charge in [0.25, 0.3) is 0 Å². The van der Waals surface area contributed by atoms with Crippen LogP contribution < -0.4 is 5.73 Å². The number of rotatable bonds is 5. The third-order valence-corrected chi connectivity index (χ3v) is 4.46. The number of nitrogens with one attached hydrogen (secondary N) is 1. The average Bonchev–Trinajstić information content (AvgIpc) is 2.94. The van der Waals surface area contributed by atoms with Crippen molar-refractivity contribution < 1.29 is 5.11 Å². The fraction of sp³-hybridized carbons (Fsp3) is 0.118. The zero-order valence-electron chi connectivity index (χ0n) is 12.0. The van der Waals surface area contributed by atoms with Gasteiger partial charge < -0.3 is 15.8 Å². The first-order chi connectivity index (χ1) is 10.7. The monoisotopic (exact) mass is 311 g/mol. The van der Waals surface area contributed by atoms with Gasteiger partial charge in [-0.25, -0.2) is 4.98 Å². The van der Waals surface area contributed by atoms with E-state index in [1.807, 2.05) is 24.4 Å². The van der Waals surface area contributed by atoms with Gasteiger partial charge in [-0.15, -0.1) is 0 Å². The van der Waals surface area contributed by atoms with Gasteiger partial charge in [0.2, 0.25) is 0 Å². The highest BCUT2D eigenvalue weighted by Crippen LogP contribution is 2.31. The maximum Gasteiger partial charge on any atom is 0.197 e. The summed E-state index contributed by atoms with van der Waals surface area (Å²) in [6, 6.07) is 15.6. The molecule has 0 atom stereocenters. The minimum absolute atomic E-state index is 0.286. The van der Waals surface area contributed by atoms with Gasteiger partial charge in [-0.3, -0.25) is 0 Å². The molecular formula is C17H17N3OS. The Morgan fingerprint density at radius 3 is 2.55 bits per heavy atom. The normalized spacial score (nSPS) is 10.7. The van der Waals surface area contributed by atoms with E-state index >= 15 is 0 Å². The van der Waals surface area contributed by atoms with Gasteiger partial charge in [-0.1, -0.05) is 30.0 Å². The molecule has 0 unspecified atom stereocenters. The van der Waals surface area contributed by atoms with Crippen molar-refractivity contribution in [3.8, 4) is 5.75 Å². The number of aromatic nitrogens is 2. The number of hydrogen-bond acceptors (Lipinski definition) is 4. The third-order valence-electron chi connectivity index (χ3n) is 3.34. The average molecular weight is 311 g/mol. The molecule has 4 N–H and O–H groups in total. The second-order valence-corrected chi connectivity index (χ2v) is 6.10. The molecule has 2 aromatic carbocycles. The molecule has 0 bridgehead atoms. The maximum absolute atomic E-state index is 9.36. The summed E-state index contributed by atoms with van der Waals surface area (Å²) in [7, 11) is 0. The molecule has 22 heavy (non-hydrogen) atoms. The Morgan fingerprint density at radius 1 is 1.05 bits per heavy atom. The largest absolute Gasteiger partial charge is 0.508 e. The van der Waals surface area contributed by atoms with Crippen LogP contribution in [0.1, 0.15) is 11.3 Å². The van der Waals surface area contributed by atoms with E-state index in [1.165, 1.54) is 10.5 Å². The van der Waals surface area contributed by atoms with Crippen molar-refractivity contribution in [2.75, 3.05) is 5.73 Å². The van der Waals surface area contributed by atoms with Crippen molar-refractivity contribution in [3.05, 3.63) is 66.0 Å². The molecule has 0 aliphatic rings. The lowest BCUT2D eigenvalue weighted by atomic mass is 10.1. The predicted molar refractivity (Wildman–Crippen MR) is 89.1 cm³/mol. The number of H-pyrrole nitrogens is 1. The summed E-state index contributed by atoms with van der Waals surface area (Å²) in [6.45, 7) is 0. The van der Waals surface area contributed by atoms with E-state index in [9.17, 15) is 5.11 Å². The highest BCUT2D eigenvalue weighted by molar-refractivity contribution is 7.99. The number of phenolic OH excluding ortho intramolecular Hbond substituents is 1. The molecule has 0 radical (unpaired) electrons. The van der Waals surface area contributed by atoms with Crippen LogP contribution in [0.25, 0.3) is 0 Å². The number of imidazole rings is 1. The van der Waals surface area contributed by atoms with E-state index in [0.29, 0.717) is 5.95 Å². The summed E-state index contributed by atoms with van der Waals surface area (Å²) in [5, 5.41) is 9.36. The van der Waals surface area contributed by atoms with Crippen molar-refractivity contribution in [1.82, 2.24) is 9.97 Å². The van der Waals surface area contributed by atoms with Crippen LogP contribution in [0.4, 0.5) is 5.95 Å². The Balaban J connectivity index is 1.73. The Morgan fingerprint density at radius 2 is 1.82 bits per heavy atom. The number of aromatic hydroxyl groups is 1. The van der Waals surface area contributed by atoms with Gasteiger partial charge in [0.1, 0.15) is 5.75 Å². The molecule has 0 saturated carbocycles. The summed E-state index contributed by atoms with van der Waals surface area (Å²) < 4.78 is 0. The van der Waals surface area contributed by atoms with Crippen LogP contribution in [0.5, 0.6) is 5.75 Å². The third kappa shape index (κ3) is 3.62. The molecule has 0 spiro atoms. The zero-order valence-corrected chi connectivity index (χ0v) is 12.8. The molecule has 0 fully saturated rings. The van der Waals surface area contributed by atoms with Crippen LogP contribution in [0, 0.1) is 0 Å². The number of aryl methyl sites for hydroxylation is 2. The van der Waals surface area contributed by atoms with E-state index in [1.54, 1.807) is 23.9 Å². The molecule has 3 aromatic rings. The number of nitrogen functional groups attached to an aromatic ring is 1. The number of anilines is 1. The number of benzene rings is 2. The summed E-state index contributed by atoms with van der Waals surface area (Å²) >= 11 is 1.70. The highest BCUT2D eigenvalue weighted by atomic mass is 32.2. The minimum atomic E-state index is 0.286. The quantitative estimate of drug-likeness (QED) is 0.672. The number of nitrogens with zero attached hydrogens (tertiary/aromatic N) is 1. The number of hydrogen-bond donors (Lipinski definition) is 3. The molecule has 0 aliphatic carbocycles. The first-order valence-corrected chi connectivity index (χ1v) is 7.87. The van der Waals surface area contributed by atoms with Crippen LogP contribution in [-0.4, -0.2) is 15.1 Å². The molecule has 1 aromatic heterocycles. The van der Waals surface area contributed by atoms with Crippen LogP contribution in [0.3, 0.4) is 0 Å². The molecule has 4 nitrogen and oxygen atoms in total. The van der Waals surface area contributed by atoms with E-state index in [2.05, 4.69) is 28.2 Å². The zero-order chi connectivity index (χ0) is 15.4. The summed E-state index contributed by atoms with van der Waals surface area (Å²) in [4.78, 5) is 9.46. The van der Waals surface area contributed by atoms with E-state index in [0.717, 1.165) is 23.4 Å². The number of aromatic amines is 1. The Labute approximate surface area is 133 Å². The van der Waals surface area contributed by atoms with Crippen LogP contribution in [0.2, 0.25) is 0 Å². The van der Waals surface area contributed by atoms with E-state index in [4.69, 9.17) is 5.73 Å². The minimum Gasteiger partial charge on any atom is -0.508 e. The standard InChI is InChI=1S/C17H17N3OS/c18-17-19-11-13(20-17)6-5-12-3-1-2-4-16(12)22-15-9-7-14(21)8-10-15/h1-4,7-11,21H,5-6H2,(H3,18,19,20). The van der Waals surface area contributed by atoms with Gasteiger partial charge in [-0.05, 0) is 48.7 Å². The summed E-state index contributed by atoms with van der Waals surface area (Å²) in [5.74, 6) is 0.746. The highest BCUT2D eigenvalue weighted by Gasteiger charge is 2.06. The molecule has 0 saturated heterocycles. The van der Waals surface area contributed by atoms with Gasteiger partial charge >= 0.3 is 0 Å². The van der Waals surface area contributed by atoms with Crippen LogP contribution in [0.15, 0.2) is 64.5 Å². The maximum atomic E-state index is 9.36. The second-order valence-electron chi connectivity index (χ2n) is 4.98. The van der Waals surface area contributed by atoms with Gasteiger partial charge in [0.15, 0.2) is 5.95 Å². The van der Waals surface area contributed by atoms with Gasteiger partial charge in [-0.2, -0.15) is 0 Å². The molecule has 3 rings (SSSR count). The van der Waals surface area contributed by atoms with Crippen LogP contribution >= 0.6 is 11.8 Å². The first-order valence-electron chi connectivity index (χ1n) is 7.05. The molecule has 1 heterocycles. The number of nitrogens with two attached hydrogens (primary N) is 1. The van der Waals surface area contributed by atoms with Crippen molar-refractivity contribution in [2.45, 2.75) is 22.6 Å². The van der Waals surface area contributed by atoms with Crippen molar-refractivity contribution in [2.24, 2.45) is 0 Å². The number of phenols is 1. The van der Waals surface area contributed by atoms with Gasteiger partial charge in [0, 0.05) is 16.0 Å².